The second-order valence-corrected chi connectivity index (χ2v) is 10.1. The van der Waals surface area contributed by atoms with Gasteiger partial charge in [-0.25, -0.2) is 8.42 Å². The van der Waals surface area contributed by atoms with Gasteiger partial charge in [0.2, 0.25) is 5.91 Å². The number of nitrogens with one attached hydrogen (secondary N) is 1. The van der Waals surface area contributed by atoms with E-state index >= 15 is 0 Å². The van der Waals surface area contributed by atoms with Gasteiger partial charge in [-0.3, -0.25) is 4.79 Å². The lowest BCUT2D eigenvalue weighted by atomic mass is 9.79. The molecule has 1 aromatic rings. The zero-order valence-corrected chi connectivity index (χ0v) is 17.9. The Morgan fingerprint density at radius 2 is 1.74 bits per heavy atom. The lowest BCUT2D eigenvalue weighted by molar-refractivity contribution is -0.135. The summed E-state index contributed by atoms with van der Waals surface area (Å²) in [5, 5.41) is 2.75. The number of carbonyl (C=O) groups excluding carboxylic acids is 1. The highest BCUT2D eigenvalue weighted by Gasteiger charge is 2.38. The van der Waals surface area contributed by atoms with E-state index in [0.717, 1.165) is 5.56 Å². The standard InChI is InChI=1S/C19H30N2O4S.ClH/c1-18(2,3)15-4-6-16(7-5-15)26(23,24)13-10-21-17(22)19(14-20)8-11-25-12-9-19;/h4-7H,8-14,20H2,1-3H3,(H,21,22);1H. The maximum atomic E-state index is 12.5. The summed E-state index contributed by atoms with van der Waals surface area (Å²) in [5.74, 6) is -0.313. The van der Waals surface area contributed by atoms with E-state index in [2.05, 4.69) is 26.1 Å². The van der Waals surface area contributed by atoms with Gasteiger partial charge in [0.15, 0.2) is 9.84 Å². The minimum Gasteiger partial charge on any atom is -0.381 e. The Morgan fingerprint density at radius 1 is 1.19 bits per heavy atom. The van der Waals surface area contributed by atoms with Crippen molar-refractivity contribution in [1.29, 1.82) is 0 Å². The molecule has 0 atom stereocenters. The minimum atomic E-state index is -3.45. The molecule has 0 aromatic heterocycles. The number of rotatable bonds is 6. The van der Waals surface area contributed by atoms with E-state index in [1.807, 2.05) is 12.1 Å². The number of sulfone groups is 1. The van der Waals surface area contributed by atoms with Crippen LogP contribution in [0.5, 0.6) is 0 Å². The molecule has 0 aliphatic carbocycles. The third kappa shape index (κ3) is 5.91. The van der Waals surface area contributed by atoms with Crippen molar-refractivity contribution in [2.45, 2.75) is 43.9 Å². The molecule has 0 spiro atoms. The molecule has 1 aliphatic heterocycles. The molecule has 2 rings (SSSR count). The summed E-state index contributed by atoms with van der Waals surface area (Å²) in [6.45, 7) is 7.56. The maximum Gasteiger partial charge on any atom is 0.227 e. The van der Waals surface area contributed by atoms with E-state index in [9.17, 15) is 13.2 Å². The highest BCUT2D eigenvalue weighted by atomic mass is 35.5. The molecule has 0 radical (unpaired) electrons. The van der Waals surface area contributed by atoms with Gasteiger partial charge < -0.3 is 15.8 Å². The first-order chi connectivity index (χ1) is 12.1. The molecule has 154 valence electrons. The first-order valence-corrected chi connectivity index (χ1v) is 10.7. The summed E-state index contributed by atoms with van der Waals surface area (Å²) >= 11 is 0. The van der Waals surface area contributed by atoms with Crippen LogP contribution in [0.1, 0.15) is 39.2 Å². The molecule has 3 N–H and O–H groups in total. The summed E-state index contributed by atoms with van der Waals surface area (Å²) < 4.78 is 30.3. The fraction of sp³-hybridized carbons (Fsp3) is 0.632. The smallest absolute Gasteiger partial charge is 0.227 e. The number of nitrogens with two attached hydrogens (primary N) is 1. The average Bonchev–Trinajstić information content (AvgIpc) is 2.61. The molecule has 1 saturated heterocycles. The maximum absolute atomic E-state index is 12.5. The van der Waals surface area contributed by atoms with Crippen molar-refractivity contribution in [3.8, 4) is 0 Å². The van der Waals surface area contributed by atoms with Gasteiger partial charge in [0.05, 0.1) is 16.1 Å². The molecule has 1 fully saturated rings. The molecular weight excluding hydrogens is 388 g/mol. The fourth-order valence-corrected chi connectivity index (χ4v) is 4.21. The van der Waals surface area contributed by atoms with Gasteiger partial charge in [0, 0.05) is 26.3 Å². The van der Waals surface area contributed by atoms with Crippen molar-refractivity contribution in [2.24, 2.45) is 11.1 Å². The van der Waals surface area contributed by atoms with Crippen LogP contribution >= 0.6 is 12.4 Å². The van der Waals surface area contributed by atoms with Crippen molar-refractivity contribution in [3.63, 3.8) is 0 Å². The SMILES string of the molecule is CC(C)(C)c1ccc(S(=O)(=O)CCNC(=O)C2(CN)CCOCC2)cc1.Cl. The van der Waals surface area contributed by atoms with E-state index in [0.29, 0.717) is 26.1 Å². The first-order valence-electron chi connectivity index (χ1n) is 9.00. The lowest BCUT2D eigenvalue weighted by Gasteiger charge is -2.34. The van der Waals surface area contributed by atoms with Crippen LogP contribution in [0, 0.1) is 5.41 Å². The fourth-order valence-electron chi connectivity index (χ4n) is 3.05. The van der Waals surface area contributed by atoms with Gasteiger partial charge >= 0.3 is 0 Å². The highest BCUT2D eigenvalue weighted by molar-refractivity contribution is 7.91. The van der Waals surface area contributed by atoms with E-state index in [4.69, 9.17) is 10.5 Å². The summed E-state index contributed by atoms with van der Waals surface area (Å²) in [4.78, 5) is 12.8. The van der Waals surface area contributed by atoms with E-state index in [1.165, 1.54) is 0 Å². The number of halogens is 1. The monoisotopic (exact) mass is 418 g/mol. The van der Waals surface area contributed by atoms with Gasteiger partial charge in [0.25, 0.3) is 0 Å². The van der Waals surface area contributed by atoms with Gasteiger partial charge in [-0.05, 0) is 36.0 Å². The number of hydrogen-bond donors (Lipinski definition) is 2. The van der Waals surface area contributed by atoms with Crippen LogP contribution in [0.3, 0.4) is 0 Å². The minimum absolute atomic E-state index is 0. The predicted octanol–water partition coefficient (Wildman–Crippen LogP) is 2.05. The Kier molecular flexibility index (Phi) is 8.29. The summed E-state index contributed by atoms with van der Waals surface area (Å²) in [6.07, 6.45) is 1.13. The Balaban J connectivity index is 0.00000364. The molecule has 1 aliphatic rings. The van der Waals surface area contributed by atoms with Crippen LogP contribution in [0.2, 0.25) is 0 Å². The van der Waals surface area contributed by atoms with Gasteiger partial charge in [-0.15, -0.1) is 12.4 Å². The quantitative estimate of drug-likeness (QED) is 0.736. The molecule has 0 unspecified atom stereocenters. The van der Waals surface area contributed by atoms with Crippen LogP contribution in [-0.2, 0) is 24.8 Å². The number of amides is 1. The van der Waals surface area contributed by atoms with Crippen LogP contribution < -0.4 is 11.1 Å². The second kappa shape index (κ2) is 9.37. The van der Waals surface area contributed by atoms with E-state index < -0.39 is 15.3 Å². The second-order valence-electron chi connectivity index (χ2n) is 7.95. The Bertz CT molecular complexity index is 721. The van der Waals surface area contributed by atoms with Gasteiger partial charge in [-0.2, -0.15) is 0 Å². The third-order valence-corrected chi connectivity index (χ3v) is 6.79. The van der Waals surface area contributed by atoms with Crippen molar-refractivity contribution in [2.75, 3.05) is 32.1 Å². The summed E-state index contributed by atoms with van der Waals surface area (Å²) in [7, 11) is -3.45. The lowest BCUT2D eigenvalue weighted by Crippen LogP contribution is -2.49. The Labute approximate surface area is 168 Å². The molecule has 0 saturated carbocycles. The molecule has 27 heavy (non-hydrogen) atoms. The van der Waals surface area contributed by atoms with Crippen molar-refractivity contribution in [3.05, 3.63) is 29.8 Å². The number of carbonyl (C=O) groups is 1. The largest absolute Gasteiger partial charge is 0.381 e. The molecule has 0 bridgehead atoms. The number of ether oxygens (including phenoxy) is 1. The van der Waals surface area contributed by atoms with Crippen LogP contribution in [0.15, 0.2) is 29.2 Å². The Hall–Kier alpha value is -1.15. The van der Waals surface area contributed by atoms with E-state index in [1.54, 1.807) is 12.1 Å². The molecule has 1 heterocycles. The topological polar surface area (TPSA) is 98.5 Å². The Morgan fingerprint density at radius 3 is 2.22 bits per heavy atom. The summed E-state index contributed by atoms with van der Waals surface area (Å²) in [5.41, 5.74) is 6.21. The normalized spacial score (nSPS) is 17.0. The first kappa shape index (κ1) is 23.9. The summed E-state index contributed by atoms with van der Waals surface area (Å²) in [6, 6.07) is 6.96. The molecule has 1 aromatic carbocycles. The number of benzene rings is 1. The zero-order valence-electron chi connectivity index (χ0n) is 16.3. The van der Waals surface area contributed by atoms with Crippen molar-refractivity contribution in [1.82, 2.24) is 5.32 Å². The number of hydrogen-bond acceptors (Lipinski definition) is 5. The van der Waals surface area contributed by atoms with Crippen LogP contribution in [-0.4, -0.2) is 46.4 Å². The van der Waals surface area contributed by atoms with Gasteiger partial charge in [-0.1, -0.05) is 32.9 Å². The van der Waals surface area contributed by atoms with E-state index in [-0.39, 0.29) is 47.5 Å². The van der Waals surface area contributed by atoms with Crippen LogP contribution in [0.4, 0.5) is 0 Å². The molecule has 1 amide bonds. The predicted molar refractivity (Wildman–Crippen MR) is 109 cm³/mol. The van der Waals surface area contributed by atoms with Crippen molar-refractivity contribution < 1.29 is 17.9 Å². The third-order valence-electron chi connectivity index (χ3n) is 5.06. The van der Waals surface area contributed by atoms with Crippen LogP contribution in [0.25, 0.3) is 0 Å². The highest BCUT2D eigenvalue weighted by Crippen LogP contribution is 2.29. The molecule has 8 heteroatoms. The van der Waals surface area contributed by atoms with Gasteiger partial charge in [0.1, 0.15) is 0 Å². The molecule has 6 nitrogen and oxygen atoms in total. The molecular formula is C19H31ClN2O4S. The average molecular weight is 419 g/mol. The van der Waals surface area contributed by atoms with Crippen molar-refractivity contribution >= 4 is 28.2 Å². The zero-order chi connectivity index (χ0) is 19.4.